The van der Waals surface area contributed by atoms with Crippen molar-refractivity contribution in [1.82, 2.24) is 10.3 Å². The predicted molar refractivity (Wildman–Crippen MR) is 89.0 cm³/mol. The van der Waals surface area contributed by atoms with Crippen LogP contribution in [0.4, 0.5) is 10.5 Å². The Balaban J connectivity index is 2.15. The summed E-state index contributed by atoms with van der Waals surface area (Å²) in [4.78, 5) is 15.6. The molecule has 7 nitrogen and oxygen atoms in total. The number of anilines is 1. The highest BCUT2D eigenvalue weighted by Crippen LogP contribution is 2.11. The first-order valence-corrected chi connectivity index (χ1v) is 7.69. The Kier molecular flexibility index (Phi) is 8.18. The molecule has 0 fully saturated rings. The summed E-state index contributed by atoms with van der Waals surface area (Å²) in [5.41, 5.74) is 0.433. The lowest BCUT2D eigenvalue weighted by Crippen LogP contribution is -2.33. The van der Waals surface area contributed by atoms with Crippen LogP contribution < -0.4 is 15.4 Å². The fourth-order valence-corrected chi connectivity index (χ4v) is 1.63. The minimum absolute atomic E-state index is 0.392. The Morgan fingerprint density at radius 1 is 1.22 bits per heavy atom. The minimum atomic E-state index is -0.471. The molecule has 0 radical (unpaired) electrons. The maximum atomic E-state index is 11.5. The van der Waals surface area contributed by atoms with Crippen molar-refractivity contribution < 1.29 is 19.0 Å². The quantitative estimate of drug-likeness (QED) is 0.679. The number of alkyl carbamates (subject to hydrolysis) is 1. The van der Waals surface area contributed by atoms with Crippen LogP contribution in [0.3, 0.4) is 0 Å². The van der Waals surface area contributed by atoms with Gasteiger partial charge in [0.25, 0.3) is 0 Å². The molecule has 1 amide bonds. The molecule has 0 aromatic carbocycles. The van der Waals surface area contributed by atoms with Crippen molar-refractivity contribution >= 4 is 11.8 Å². The van der Waals surface area contributed by atoms with Crippen molar-refractivity contribution in [3.8, 4) is 5.88 Å². The van der Waals surface area contributed by atoms with Gasteiger partial charge >= 0.3 is 6.09 Å². The number of pyridine rings is 1. The van der Waals surface area contributed by atoms with Crippen LogP contribution in [0, 0.1) is 0 Å². The van der Waals surface area contributed by atoms with Gasteiger partial charge in [0.15, 0.2) is 0 Å². The molecule has 2 N–H and O–H groups in total. The van der Waals surface area contributed by atoms with Crippen molar-refractivity contribution in [2.45, 2.75) is 32.8 Å². The number of carbonyl (C=O) groups excluding carboxylic acids is 1. The van der Waals surface area contributed by atoms with Crippen molar-refractivity contribution in [3.05, 3.63) is 18.3 Å². The van der Waals surface area contributed by atoms with Gasteiger partial charge < -0.3 is 24.8 Å². The van der Waals surface area contributed by atoms with Gasteiger partial charge in [-0.1, -0.05) is 0 Å². The average Bonchev–Trinajstić information content (AvgIpc) is 2.47. The number of rotatable bonds is 9. The molecule has 0 saturated carbocycles. The number of ether oxygens (including phenoxy) is 3. The van der Waals surface area contributed by atoms with Gasteiger partial charge in [-0.05, 0) is 33.3 Å². The molecule has 7 heteroatoms. The highest BCUT2D eigenvalue weighted by Gasteiger charge is 2.15. The molecule has 0 aliphatic carbocycles. The molecule has 0 aliphatic heterocycles. The van der Waals surface area contributed by atoms with Gasteiger partial charge in [-0.25, -0.2) is 9.78 Å². The summed E-state index contributed by atoms with van der Waals surface area (Å²) in [6.07, 6.45) is 2.10. The van der Waals surface area contributed by atoms with Crippen LogP contribution in [-0.4, -0.2) is 50.1 Å². The molecule has 0 aliphatic rings. The first-order valence-electron chi connectivity index (χ1n) is 7.69. The smallest absolute Gasteiger partial charge is 0.407 e. The second-order valence-electron chi connectivity index (χ2n) is 5.94. The van der Waals surface area contributed by atoms with E-state index in [0.29, 0.717) is 25.6 Å². The molecular formula is C16H27N3O4. The summed E-state index contributed by atoms with van der Waals surface area (Å²) in [6, 6.07) is 3.70. The molecule has 0 atom stereocenters. The molecule has 1 aromatic rings. The van der Waals surface area contributed by atoms with E-state index in [1.165, 1.54) is 0 Å². The largest absolute Gasteiger partial charge is 0.475 e. The fraction of sp³-hybridized carbons (Fsp3) is 0.625. The second kappa shape index (κ2) is 9.89. The lowest BCUT2D eigenvalue weighted by atomic mass is 10.2. The number of nitrogens with one attached hydrogen (secondary N) is 2. The molecule has 1 aromatic heterocycles. The first-order chi connectivity index (χ1) is 10.9. The van der Waals surface area contributed by atoms with Crippen LogP contribution in [0.5, 0.6) is 5.88 Å². The zero-order valence-electron chi connectivity index (χ0n) is 14.3. The van der Waals surface area contributed by atoms with Crippen molar-refractivity contribution in [3.63, 3.8) is 0 Å². The molecule has 0 spiro atoms. The molecule has 0 unspecified atom stereocenters. The molecule has 1 rings (SSSR count). The highest BCUT2D eigenvalue weighted by molar-refractivity contribution is 5.67. The monoisotopic (exact) mass is 325 g/mol. The van der Waals surface area contributed by atoms with Gasteiger partial charge in [0.1, 0.15) is 12.2 Å². The number of amides is 1. The van der Waals surface area contributed by atoms with Gasteiger partial charge in [-0.2, -0.15) is 0 Å². The number of nitrogens with zero attached hydrogens (tertiary/aromatic N) is 1. The molecule has 0 bridgehead atoms. The maximum absolute atomic E-state index is 11.5. The highest BCUT2D eigenvalue weighted by atomic mass is 16.6. The Labute approximate surface area is 137 Å². The fourth-order valence-electron chi connectivity index (χ4n) is 1.63. The molecular weight excluding hydrogens is 298 g/mol. The number of hydrogen-bond donors (Lipinski definition) is 2. The van der Waals surface area contributed by atoms with Crippen LogP contribution in [0.15, 0.2) is 18.3 Å². The van der Waals surface area contributed by atoms with Crippen LogP contribution in [-0.2, 0) is 9.47 Å². The normalized spacial score (nSPS) is 11.0. The Hall–Kier alpha value is -2.02. The number of methoxy groups -OCH3 is 1. The Morgan fingerprint density at radius 3 is 2.61 bits per heavy atom. The van der Waals surface area contributed by atoms with Gasteiger partial charge in [-0.15, -0.1) is 0 Å². The van der Waals surface area contributed by atoms with E-state index in [-0.39, 0.29) is 0 Å². The Bertz CT molecular complexity index is 457. The lowest BCUT2D eigenvalue weighted by Gasteiger charge is -2.19. The van der Waals surface area contributed by atoms with E-state index >= 15 is 0 Å². The van der Waals surface area contributed by atoms with E-state index < -0.39 is 11.7 Å². The summed E-state index contributed by atoms with van der Waals surface area (Å²) in [5.74, 6) is 0.569. The van der Waals surface area contributed by atoms with Crippen molar-refractivity contribution in [2.24, 2.45) is 0 Å². The third-order valence-corrected chi connectivity index (χ3v) is 2.62. The zero-order valence-corrected chi connectivity index (χ0v) is 14.3. The topological polar surface area (TPSA) is 81.7 Å². The standard InChI is InChI=1S/C16H27N3O4/c1-16(2,3)23-15(20)18-9-5-8-17-13-6-7-14(19-12-13)22-11-10-21-4/h6-7,12,17H,5,8-11H2,1-4H3,(H,18,20). The molecule has 23 heavy (non-hydrogen) atoms. The summed E-state index contributed by atoms with van der Waals surface area (Å²) < 4.78 is 15.4. The van der Waals surface area contributed by atoms with Crippen LogP contribution in [0.25, 0.3) is 0 Å². The van der Waals surface area contributed by atoms with E-state index in [1.807, 2.05) is 26.8 Å². The van der Waals surface area contributed by atoms with Crippen LogP contribution in [0.1, 0.15) is 27.2 Å². The van der Waals surface area contributed by atoms with Gasteiger partial charge in [-0.3, -0.25) is 0 Å². The van der Waals surface area contributed by atoms with Crippen LogP contribution in [0.2, 0.25) is 0 Å². The van der Waals surface area contributed by atoms with E-state index in [4.69, 9.17) is 14.2 Å². The number of aromatic nitrogens is 1. The lowest BCUT2D eigenvalue weighted by molar-refractivity contribution is 0.0528. The van der Waals surface area contributed by atoms with Gasteiger partial charge in [0, 0.05) is 26.3 Å². The number of carbonyl (C=O) groups is 1. The number of hydrogen-bond acceptors (Lipinski definition) is 6. The maximum Gasteiger partial charge on any atom is 0.407 e. The average molecular weight is 325 g/mol. The Morgan fingerprint density at radius 2 is 2.00 bits per heavy atom. The summed E-state index contributed by atoms with van der Waals surface area (Å²) in [5, 5.41) is 5.94. The van der Waals surface area contributed by atoms with E-state index in [0.717, 1.165) is 18.7 Å². The predicted octanol–water partition coefficient (Wildman–Crippen LogP) is 2.43. The molecule has 130 valence electrons. The summed E-state index contributed by atoms with van der Waals surface area (Å²) in [7, 11) is 1.63. The summed E-state index contributed by atoms with van der Waals surface area (Å²) >= 11 is 0. The summed E-state index contributed by atoms with van der Waals surface area (Å²) in [6.45, 7) is 7.80. The van der Waals surface area contributed by atoms with Crippen molar-refractivity contribution in [2.75, 3.05) is 38.7 Å². The van der Waals surface area contributed by atoms with E-state index in [1.54, 1.807) is 19.4 Å². The minimum Gasteiger partial charge on any atom is -0.475 e. The third kappa shape index (κ3) is 9.57. The van der Waals surface area contributed by atoms with E-state index in [2.05, 4.69) is 15.6 Å². The van der Waals surface area contributed by atoms with Gasteiger partial charge in [0.2, 0.25) is 5.88 Å². The van der Waals surface area contributed by atoms with Gasteiger partial charge in [0.05, 0.1) is 18.5 Å². The van der Waals surface area contributed by atoms with Crippen LogP contribution >= 0.6 is 0 Å². The van der Waals surface area contributed by atoms with Crippen molar-refractivity contribution in [1.29, 1.82) is 0 Å². The SMILES string of the molecule is COCCOc1ccc(NCCCNC(=O)OC(C)(C)C)cn1. The first kappa shape index (κ1) is 19.0. The third-order valence-electron chi connectivity index (χ3n) is 2.62. The van der Waals surface area contributed by atoms with E-state index in [9.17, 15) is 4.79 Å². The second-order valence-corrected chi connectivity index (χ2v) is 5.94. The molecule has 1 heterocycles. The zero-order chi connectivity index (χ0) is 17.1. The molecule has 0 saturated heterocycles.